The Hall–Kier alpha value is -0.730. The summed E-state index contributed by atoms with van der Waals surface area (Å²) in [5.41, 5.74) is 0.851. The second-order valence-corrected chi connectivity index (χ2v) is 5.70. The van der Waals surface area contributed by atoms with E-state index < -0.39 is 0 Å². The highest BCUT2D eigenvalue weighted by molar-refractivity contribution is 9.10. The van der Waals surface area contributed by atoms with Gasteiger partial charge >= 0.3 is 0 Å². The minimum absolute atomic E-state index is 0.244. The molecule has 0 aliphatic rings. The van der Waals surface area contributed by atoms with Crippen molar-refractivity contribution >= 4 is 33.4 Å². The molecule has 1 rings (SSSR count). The van der Waals surface area contributed by atoms with Crippen LogP contribution in [0.3, 0.4) is 0 Å². The van der Waals surface area contributed by atoms with Crippen molar-refractivity contribution in [1.29, 1.82) is 5.26 Å². The van der Waals surface area contributed by atoms with Gasteiger partial charge in [0.2, 0.25) is 0 Å². The van der Waals surface area contributed by atoms with Gasteiger partial charge in [-0.15, -0.1) is 0 Å². The van der Waals surface area contributed by atoms with Crippen molar-refractivity contribution in [3.8, 4) is 6.07 Å². The first kappa shape index (κ1) is 15.3. The Bertz CT molecular complexity index is 459. The summed E-state index contributed by atoms with van der Waals surface area (Å²) in [5.74, 6) is 0.584. The number of benzene rings is 1. The van der Waals surface area contributed by atoms with Crippen molar-refractivity contribution in [2.45, 2.75) is 19.4 Å². The summed E-state index contributed by atoms with van der Waals surface area (Å²) in [6.45, 7) is 2.09. The van der Waals surface area contributed by atoms with E-state index in [0.717, 1.165) is 12.2 Å². The van der Waals surface area contributed by atoms with Crippen molar-refractivity contribution < 1.29 is 4.39 Å². The molecule has 1 atom stereocenters. The topological polar surface area (TPSA) is 27.0 Å². The van der Waals surface area contributed by atoms with Gasteiger partial charge in [-0.1, -0.05) is 6.92 Å². The molecule has 0 fully saturated rings. The fourth-order valence-corrected chi connectivity index (χ4v) is 3.06. The normalized spacial score (nSPS) is 12.0. The maximum absolute atomic E-state index is 14.2. The summed E-state index contributed by atoms with van der Waals surface area (Å²) in [5, 5.41) is 8.85. The van der Waals surface area contributed by atoms with Crippen LogP contribution in [0.25, 0.3) is 0 Å². The van der Waals surface area contributed by atoms with Crippen molar-refractivity contribution in [3.05, 3.63) is 28.0 Å². The van der Waals surface area contributed by atoms with Crippen LogP contribution in [0.15, 0.2) is 16.6 Å². The maximum Gasteiger partial charge on any atom is 0.161 e. The molecule has 2 nitrogen and oxygen atoms in total. The molecule has 0 N–H and O–H groups in total. The molecule has 1 unspecified atom stereocenters. The van der Waals surface area contributed by atoms with Gasteiger partial charge in [0.1, 0.15) is 6.07 Å². The first-order chi connectivity index (χ1) is 8.56. The number of nitrogens with zero attached hydrogens (tertiary/aromatic N) is 2. The molecular formula is C13H16BrFN2S. The number of hydrogen-bond acceptors (Lipinski definition) is 3. The van der Waals surface area contributed by atoms with E-state index in [-0.39, 0.29) is 16.3 Å². The molecule has 0 aromatic heterocycles. The van der Waals surface area contributed by atoms with E-state index >= 15 is 0 Å². The van der Waals surface area contributed by atoms with Gasteiger partial charge in [-0.25, -0.2) is 4.39 Å². The predicted octanol–water partition coefficient (Wildman–Crippen LogP) is 4.04. The van der Waals surface area contributed by atoms with E-state index in [4.69, 9.17) is 5.26 Å². The molecule has 18 heavy (non-hydrogen) atoms. The van der Waals surface area contributed by atoms with Crippen LogP contribution in [0.1, 0.15) is 18.9 Å². The lowest BCUT2D eigenvalue weighted by atomic mass is 10.1. The molecule has 1 aromatic carbocycles. The molecular weight excluding hydrogens is 315 g/mol. The lowest BCUT2D eigenvalue weighted by Crippen LogP contribution is -2.33. The van der Waals surface area contributed by atoms with Gasteiger partial charge in [-0.2, -0.15) is 17.0 Å². The molecule has 0 heterocycles. The van der Waals surface area contributed by atoms with Gasteiger partial charge in [0.25, 0.3) is 0 Å². The zero-order valence-corrected chi connectivity index (χ0v) is 13.1. The SMILES string of the molecule is CCC(CSC)N(C)c1ccc(C#N)c(Br)c1F. The molecule has 0 bridgehead atoms. The molecule has 0 saturated heterocycles. The van der Waals surface area contributed by atoms with Crippen molar-refractivity contribution in [2.75, 3.05) is 24.0 Å². The molecule has 0 spiro atoms. The molecule has 0 radical (unpaired) electrons. The van der Waals surface area contributed by atoms with Crippen LogP contribution in [0.4, 0.5) is 10.1 Å². The van der Waals surface area contributed by atoms with Crippen molar-refractivity contribution in [3.63, 3.8) is 0 Å². The third-order valence-corrected chi connectivity index (χ3v) is 4.43. The Kier molecular flexibility index (Phi) is 5.97. The summed E-state index contributed by atoms with van der Waals surface area (Å²) in [6.07, 6.45) is 3.00. The highest BCUT2D eigenvalue weighted by atomic mass is 79.9. The van der Waals surface area contributed by atoms with Crippen molar-refractivity contribution in [1.82, 2.24) is 0 Å². The van der Waals surface area contributed by atoms with Crippen LogP contribution >= 0.6 is 27.7 Å². The molecule has 0 amide bonds. The zero-order chi connectivity index (χ0) is 13.7. The number of thioether (sulfide) groups is 1. The smallest absolute Gasteiger partial charge is 0.161 e. The van der Waals surface area contributed by atoms with Crippen LogP contribution in [0, 0.1) is 17.1 Å². The van der Waals surface area contributed by atoms with E-state index in [2.05, 4.69) is 22.9 Å². The molecule has 5 heteroatoms. The number of anilines is 1. The fourth-order valence-electron chi connectivity index (χ4n) is 1.79. The highest BCUT2D eigenvalue weighted by Crippen LogP contribution is 2.30. The molecule has 98 valence electrons. The quantitative estimate of drug-likeness (QED) is 0.815. The van der Waals surface area contributed by atoms with E-state index in [1.54, 1.807) is 23.9 Å². The molecule has 0 aliphatic heterocycles. The Morgan fingerprint density at radius 1 is 1.56 bits per heavy atom. The summed E-state index contributed by atoms with van der Waals surface area (Å²) in [6, 6.07) is 5.56. The van der Waals surface area contributed by atoms with Gasteiger partial charge in [-0.3, -0.25) is 0 Å². The summed E-state index contributed by atoms with van der Waals surface area (Å²) in [7, 11) is 1.89. The maximum atomic E-state index is 14.2. The van der Waals surface area contributed by atoms with Crippen LogP contribution in [-0.4, -0.2) is 25.1 Å². The van der Waals surface area contributed by atoms with Crippen molar-refractivity contribution in [2.24, 2.45) is 0 Å². The summed E-state index contributed by atoms with van der Waals surface area (Å²) < 4.78 is 14.4. The predicted molar refractivity (Wildman–Crippen MR) is 79.7 cm³/mol. The largest absolute Gasteiger partial charge is 0.368 e. The van der Waals surface area contributed by atoms with Gasteiger partial charge in [-0.05, 0) is 40.7 Å². The third kappa shape index (κ3) is 3.18. The first-order valence-corrected chi connectivity index (χ1v) is 7.85. The van der Waals surface area contributed by atoms with E-state index in [1.807, 2.05) is 24.3 Å². The van der Waals surface area contributed by atoms with Crippen LogP contribution in [-0.2, 0) is 0 Å². The van der Waals surface area contributed by atoms with E-state index in [1.165, 1.54) is 0 Å². The van der Waals surface area contributed by atoms with E-state index in [9.17, 15) is 4.39 Å². The second-order valence-electron chi connectivity index (χ2n) is 4.00. The zero-order valence-electron chi connectivity index (χ0n) is 10.7. The summed E-state index contributed by atoms with van der Waals surface area (Å²) >= 11 is 4.89. The Labute approximate surface area is 120 Å². The molecule has 1 aromatic rings. The van der Waals surface area contributed by atoms with Gasteiger partial charge in [0.15, 0.2) is 5.82 Å². The second kappa shape index (κ2) is 7.01. The number of nitriles is 1. The lowest BCUT2D eigenvalue weighted by molar-refractivity contribution is 0.596. The van der Waals surface area contributed by atoms with E-state index in [0.29, 0.717) is 11.3 Å². The van der Waals surface area contributed by atoms with Crippen LogP contribution in [0.5, 0.6) is 0 Å². The Morgan fingerprint density at radius 2 is 2.22 bits per heavy atom. The average Bonchev–Trinajstić information content (AvgIpc) is 2.38. The Morgan fingerprint density at radius 3 is 2.72 bits per heavy atom. The average molecular weight is 331 g/mol. The van der Waals surface area contributed by atoms with Gasteiger partial charge in [0, 0.05) is 18.8 Å². The fraction of sp³-hybridized carbons (Fsp3) is 0.462. The minimum Gasteiger partial charge on any atom is -0.368 e. The number of hydrogen-bond donors (Lipinski definition) is 0. The highest BCUT2D eigenvalue weighted by Gasteiger charge is 2.19. The lowest BCUT2D eigenvalue weighted by Gasteiger charge is -2.29. The number of rotatable bonds is 5. The number of halogens is 2. The monoisotopic (exact) mass is 330 g/mol. The standard InChI is InChI=1S/C13H16BrFN2S/c1-4-10(8-18-3)17(2)11-6-5-9(7-16)12(14)13(11)15/h5-6,10H,4,8H2,1-3H3. The van der Waals surface area contributed by atoms with Gasteiger partial charge in [0.05, 0.1) is 15.7 Å². The van der Waals surface area contributed by atoms with Gasteiger partial charge < -0.3 is 4.90 Å². The first-order valence-electron chi connectivity index (χ1n) is 5.66. The van der Waals surface area contributed by atoms with Crippen LogP contribution < -0.4 is 4.90 Å². The Balaban J connectivity index is 3.10. The third-order valence-electron chi connectivity index (χ3n) is 2.94. The molecule has 0 saturated carbocycles. The minimum atomic E-state index is -0.365. The van der Waals surface area contributed by atoms with Crippen LogP contribution in [0.2, 0.25) is 0 Å². The molecule has 0 aliphatic carbocycles. The summed E-state index contributed by atoms with van der Waals surface area (Å²) in [4.78, 5) is 1.94.